The molecule has 0 aromatic heterocycles. The number of aliphatic hydroxyl groups excluding tert-OH is 1. The molecule has 2 aliphatic carbocycles. The third kappa shape index (κ3) is 5.17. The first kappa shape index (κ1) is 24.7. The Labute approximate surface area is 204 Å². The van der Waals surface area contributed by atoms with Gasteiger partial charge in [-0.1, -0.05) is 61.4 Å². The van der Waals surface area contributed by atoms with Crippen LogP contribution in [0.4, 0.5) is 4.79 Å². The maximum atomic E-state index is 13.0. The Bertz CT molecular complexity index is 1060. The van der Waals surface area contributed by atoms with E-state index in [1.165, 1.54) is 0 Å². The highest BCUT2D eigenvalue weighted by Crippen LogP contribution is 2.44. The van der Waals surface area contributed by atoms with Gasteiger partial charge in [0.15, 0.2) is 6.10 Å². The van der Waals surface area contributed by atoms with Gasteiger partial charge < -0.3 is 25.6 Å². The van der Waals surface area contributed by atoms with E-state index in [0.29, 0.717) is 12.8 Å². The SMILES string of the molecule is CC1(C(=O)NCCC(O)C(=O)O)CCCCC1NC(=O)OCC1c2ccccc2-c2ccccc21. The topological polar surface area (TPSA) is 125 Å². The molecule has 2 aliphatic rings. The minimum Gasteiger partial charge on any atom is -0.479 e. The molecular formula is C27H32N2O6. The molecule has 3 atom stereocenters. The number of hydrogen-bond donors (Lipinski definition) is 4. The maximum Gasteiger partial charge on any atom is 0.407 e. The molecule has 0 heterocycles. The molecule has 2 aromatic rings. The van der Waals surface area contributed by atoms with Crippen molar-refractivity contribution in [3.05, 3.63) is 59.7 Å². The van der Waals surface area contributed by atoms with Crippen LogP contribution in [0.2, 0.25) is 0 Å². The molecule has 1 saturated carbocycles. The minimum absolute atomic E-state index is 0.0412. The number of nitrogens with one attached hydrogen (secondary N) is 2. The monoisotopic (exact) mass is 480 g/mol. The number of benzene rings is 2. The van der Waals surface area contributed by atoms with Crippen LogP contribution >= 0.6 is 0 Å². The normalized spacial score (nSPS) is 21.9. The number of aliphatic hydroxyl groups is 1. The Morgan fingerprint density at radius 3 is 2.31 bits per heavy atom. The molecule has 0 radical (unpaired) electrons. The average Bonchev–Trinajstić information content (AvgIpc) is 3.17. The second-order valence-electron chi connectivity index (χ2n) is 9.58. The third-order valence-corrected chi connectivity index (χ3v) is 7.35. The van der Waals surface area contributed by atoms with Crippen LogP contribution in [0.15, 0.2) is 48.5 Å². The van der Waals surface area contributed by atoms with E-state index in [2.05, 4.69) is 34.9 Å². The van der Waals surface area contributed by atoms with Crippen molar-refractivity contribution in [2.45, 2.75) is 57.1 Å². The zero-order valence-electron chi connectivity index (χ0n) is 19.8. The second kappa shape index (κ2) is 10.5. The summed E-state index contributed by atoms with van der Waals surface area (Å²) in [5, 5.41) is 23.9. The Balaban J connectivity index is 1.37. The molecule has 0 saturated heterocycles. The van der Waals surface area contributed by atoms with Gasteiger partial charge in [-0.15, -0.1) is 0 Å². The summed E-state index contributed by atoms with van der Waals surface area (Å²) < 4.78 is 5.67. The van der Waals surface area contributed by atoms with Crippen LogP contribution in [-0.4, -0.2) is 53.5 Å². The van der Waals surface area contributed by atoms with Gasteiger partial charge in [0.25, 0.3) is 0 Å². The van der Waals surface area contributed by atoms with E-state index in [9.17, 15) is 19.5 Å². The lowest BCUT2D eigenvalue weighted by Gasteiger charge is -2.40. The van der Waals surface area contributed by atoms with Gasteiger partial charge in [-0.2, -0.15) is 0 Å². The summed E-state index contributed by atoms with van der Waals surface area (Å²) in [4.78, 5) is 36.6. The summed E-state index contributed by atoms with van der Waals surface area (Å²) in [6, 6.07) is 15.8. The van der Waals surface area contributed by atoms with Crippen LogP contribution < -0.4 is 10.6 Å². The number of carboxylic acid groups (broad SMARTS) is 1. The molecule has 0 bridgehead atoms. The number of aliphatic carboxylic acids is 1. The van der Waals surface area contributed by atoms with Crippen molar-refractivity contribution in [3.63, 3.8) is 0 Å². The molecule has 8 heteroatoms. The molecule has 186 valence electrons. The van der Waals surface area contributed by atoms with Crippen molar-refractivity contribution in [2.24, 2.45) is 5.41 Å². The Morgan fingerprint density at radius 1 is 1.06 bits per heavy atom. The Morgan fingerprint density at radius 2 is 1.69 bits per heavy atom. The van der Waals surface area contributed by atoms with Crippen molar-refractivity contribution < 1.29 is 29.3 Å². The molecule has 1 fully saturated rings. The van der Waals surface area contributed by atoms with Crippen LogP contribution in [0.5, 0.6) is 0 Å². The molecule has 2 aromatic carbocycles. The fourth-order valence-electron chi connectivity index (χ4n) is 5.27. The molecular weight excluding hydrogens is 448 g/mol. The van der Waals surface area contributed by atoms with E-state index < -0.39 is 29.6 Å². The molecule has 8 nitrogen and oxygen atoms in total. The number of amides is 2. The van der Waals surface area contributed by atoms with Crippen LogP contribution in [0, 0.1) is 5.41 Å². The Hall–Kier alpha value is -3.39. The van der Waals surface area contributed by atoms with Gasteiger partial charge in [-0.3, -0.25) is 4.79 Å². The number of fused-ring (bicyclic) bond motifs is 3. The first-order chi connectivity index (χ1) is 16.8. The van der Waals surface area contributed by atoms with Crippen LogP contribution in [0.25, 0.3) is 11.1 Å². The highest BCUT2D eigenvalue weighted by molar-refractivity contribution is 5.84. The fourth-order valence-corrected chi connectivity index (χ4v) is 5.27. The Kier molecular flexibility index (Phi) is 7.40. The highest BCUT2D eigenvalue weighted by atomic mass is 16.5. The van der Waals surface area contributed by atoms with E-state index in [-0.39, 0.29) is 31.4 Å². The summed E-state index contributed by atoms with van der Waals surface area (Å²) in [7, 11) is 0. The van der Waals surface area contributed by atoms with Crippen molar-refractivity contribution in [2.75, 3.05) is 13.2 Å². The average molecular weight is 481 g/mol. The smallest absolute Gasteiger partial charge is 0.407 e. The number of carbonyl (C=O) groups is 3. The van der Waals surface area contributed by atoms with E-state index >= 15 is 0 Å². The van der Waals surface area contributed by atoms with Gasteiger partial charge in [0, 0.05) is 24.9 Å². The summed E-state index contributed by atoms with van der Waals surface area (Å²) in [5.41, 5.74) is 3.72. The zero-order valence-corrected chi connectivity index (χ0v) is 19.8. The lowest BCUT2D eigenvalue weighted by molar-refractivity contribution is -0.147. The molecule has 2 amide bonds. The van der Waals surface area contributed by atoms with Crippen molar-refractivity contribution in [1.29, 1.82) is 0 Å². The highest BCUT2D eigenvalue weighted by Gasteiger charge is 2.44. The molecule has 35 heavy (non-hydrogen) atoms. The van der Waals surface area contributed by atoms with E-state index in [4.69, 9.17) is 9.84 Å². The van der Waals surface area contributed by atoms with Gasteiger partial charge in [0.1, 0.15) is 6.61 Å². The number of carbonyl (C=O) groups excluding carboxylic acids is 2. The van der Waals surface area contributed by atoms with Crippen molar-refractivity contribution >= 4 is 18.0 Å². The molecule has 0 aliphatic heterocycles. The second-order valence-corrected chi connectivity index (χ2v) is 9.58. The quantitative estimate of drug-likeness (QED) is 0.459. The standard InChI is InChI=1S/C27H32N2O6/c1-27(25(33)28-15-13-22(30)24(31)32)14-7-6-12-23(27)29-26(34)35-16-21-19-10-4-2-8-17(19)18-9-3-5-11-20(18)21/h2-5,8-11,21-23,30H,6-7,12-16H2,1H3,(H,28,33)(H,29,34)(H,31,32). The van der Waals surface area contributed by atoms with Crippen LogP contribution in [0.3, 0.4) is 0 Å². The summed E-state index contributed by atoms with van der Waals surface area (Å²) >= 11 is 0. The predicted octanol–water partition coefficient (Wildman–Crippen LogP) is 3.43. The molecule has 0 spiro atoms. The van der Waals surface area contributed by atoms with E-state index in [1.54, 1.807) is 0 Å². The first-order valence-electron chi connectivity index (χ1n) is 12.1. The number of carboxylic acids is 1. The zero-order chi connectivity index (χ0) is 25.0. The summed E-state index contributed by atoms with van der Waals surface area (Å²) in [6.45, 7) is 2.05. The lowest BCUT2D eigenvalue weighted by Crippen LogP contribution is -2.56. The molecule has 4 rings (SSSR count). The summed E-state index contributed by atoms with van der Waals surface area (Å²) in [5.74, 6) is -1.63. The molecule has 3 unspecified atom stereocenters. The fraction of sp³-hybridized carbons (Fsp3) is 0.444. The summed E-state index contributed by atoms with van der Waals surface area (Å²) in [6.07, 6.45) is 0.810. The number of rotatable bonds is 8. The van der Waals surface area contributed by atoms with Gasteiger partial charge in [-0.25, -0.2) is 9.59 Å². The predicted molar refractivity (Wildman–Crippen MR) is 130 cm³/mol. The van der Waals surface area contributed by atoms with Crippen LogP contribution in [0.1, 0.15) is 56.1 Å². The van der Waals surface area contributed by atoms with Gasteiger partial charge in [0.05, 0.1) is 5.41 Å². The third-order valence-electron chi connectivity index (χ3n) is 7.35. The number of hydrogen-bond acceptors (Lipinski definition) is 5. The van der Waals surface area contributed by atoms with Gasteiger partial charge in [0.2, 0.25) is 5.91 Å². The maximum absolute atomic E-state index is 13.0. The minimum atomic E-state index is -1.52. The number of ether oxygens (including phenoxy) is 1. The van der Waals surface area contributed by atoms with E-state index in [0.717, 1.165) is 35.1 Å². The molecule has 4 N–H and O–H groups in total. The first-order valence-corrected chi connectivity index (χ1v) is 12.1. The van der Waals surface area contributed by atoms with Crippen molar-refractivity contribution in [1.82, 2.24) is 10.6 Å². The lowest BCUT2D eigenvalue weighted by atomic mass is 9.71. The van der Waals surface area contributed by atoms with Crippen LogP contribution in [-0.2, 0) is 14.3 Å². The van der Waals surface area contributed by atoms with Crippen molar-refractivity contribution in [3.8, 4) is 11.1 Å². The van der Waals surface area contributed by atoms with Gasteiger partial charge in [-0.05, 0) is 42.0 Å². The van der Waals surface area contributed by atoms with E-state index in [1.807, 2.05) is 31.2 Å². The largest absolute Gasteiger partial charge is 0.479 e. The number of alkyl carbamates (subject to hydrolysis) is 1. The van der Waals surface area contributed by atoms with Gasteiger partial charge >= 0.3 is 12.1 Å².